The molecule has 2 aromatic heterocycles. The number of carbonyl (C=O) groups excluding carboxylic acids is 2. The van der Waals surface area contributed by atoms with Gasteiger partial charge in [0.25, 0.3) is 11.8 Å². The van der Waals surface area contributed by atoms with Gasteiger partial charge in [0.1, 0.15) is 0 Å². The summed E-state index contributed by atoms with van der Waals surface area (Å²) < 4.78 is 0. The van der Waals surface area contributed by atoms with E-state index in [1.54, 1.807) is 60.9 Å². The fraction of sp³-hybridized carbons (Fsp3) is 0. The van der Waals surface area contributed by atoms with Crippen molar-refractivity contribution in [3.8, 4) is 0 Å². The smallest absolute Gasteiger partial charge is 0.269 e. The Morgan fingerprint density at radius 1 is 0.528 bits per heavy atom. The number of fused-ring (bicyclic) bond motifs is 3. The van der Waals surface area contributed by atoms with E-state index in [0.29, 0.717) is 21.8 Å². The van der Waals surface area contributed by atoms with Gasteiger partial charge in [-0.15, -0.1) is 0 Å². The molecular formula is C28H22N6O2. The molecule has 8 heteroatoms. The van der Waals surface area contributed by atoms with Crippen LogP contribution < -0.4 is 32.4 Å². The minimum Gasteiger partial charge on any atom is -0.303 e. The number of rotatable bonds is 6. The van der Waals surface area contributed by atoms with Gasteiger partial charge in [-0.25, -0.2) is 9.97 Å². The van der Waals surface area contributed by atoms with Crippen molar-refractivity contribution in [2.24, 2.45) is 0 Å². The van der Waals surface area contributed by atoms with Crippen LogP contribution in [-0.2, 0) is 0 Å². The number of hydrogen-bond donors (Lipinski definition) is 4. The maximum Gasteiger partial charge on any atom is 0.269 e. The molecule has 0 saturated carbocycles. The van der Waals surface area contributed by atoms with Gasteiger partial charge in [-0.05, 0) is 36.4 Å². The average molecular weight is 475 g/mol. The van der Waals surface area contributed by atoms with Crippen LogP contribution in [0.3, 0.4) is 0 Å². The fourth-order valence-electron chi connectivity index (χ4n) is 3.63. The molecule has 2 heterocycles. The van der Waals surface area contributed by atoms with Crippen molar-refractivity contribution < 1.29 is 9.59 Å². The molecule has 0 aliphatic carbocycles. The van der Waals surface area contributed by atoms with Crippen LogP contribution in [0.5, 0.6) is 0 Å². The molecule has 8 nitrogen and oxygen atoms in total. The first-order valence-electron chi connectivity index (χ1n) is 11.3. The Labute approximate surface area is 206 Å². The van der Waals surface area contributed by atoms with Crippen molar-refractivity contribution in [3.05, 3.63) is 119 Å². The van der Waals surface area contributed by atoms with Gasteiger partial charge in [0, 0.05) is 34.3 Å². The van der Waals surface area contributed by atoms with Crippen LogP contribution in [0, 0.1) is 0 Å². The first kappa shape index (κ1) is 22.5. The lowest BCUT2D eigenvalue weighted by atomic mass is 10.1. The van der Waals surface area contributed by atoms with Gasteiger partial charge in [0.2, 0.25) is 0 Å². The van der Waals surface area contributed by atoms with E-state index < -0.39 is 0 Å². The first-order chi connectivity index (χ1) is 17.7. The Morgan fingerprint density at radius 2 is 0.917 bits per heavy atom. The van der Waals surface area contributed by atoms with E-state index in [2.05, 4.69) is 21.7 Å². The van der Waals surface area contributed by atoms with Crippen molar-refractivity contribution >= 4 is 46.0 Å². The summed E-state index contributed by atoms with van der Waals surface area (Å²) in [6, 6.07) is 29.5. The SMILES string of the molecule is O=C(NNC=c1ccc2ccc3ccc(=CNNC(=O)c4ccccc4)nc3c2n1)c1ccccc1. The number of nitrogens with one attached hydrogen (secondary N) is 4. The Morgan fingerprint density at radius 3 is 1.33 bits per heavy atom. The van der Waals surface area contributed by atoms with Crippen molar-refractivity contribution in [3.63, 3.8) is 0 Å². The lowest BCUT2D eigenvalue weighted by molar-refractivity contribution is 0.0935. The molecule has 0 bridgehead atoms. The molecule has 0 saturated heterocycles. The van der Waals surface area contributed by atoms with Crippen molar-refractivity contribution in [1.82, 2.24) is 31.7 Å². The van der Waals surface area contributed by atoms with E-state index in [-0.39, 0.29) is 11.8 Å². The maximum absolute atomic E-state index is 12.2. The zero-order valence-corrected chi connectivity index (χ0v) is 19.1. The molecule has 0 spiro atoms. The highest BCUT2D eigenvalue weighted by molar-refractivity contribution is 6.02. The number of carbonyl (C=O) groups is 2. The average Bonchev–Trinajstić information content (AvgIpc) is 2.93. The summed E-state index contributed by atoms with van der Waals surface area (Å²) in [5.74, 6) is -0.487. The van der Waals surface area contributed by atoms with Crippen molar-refractivity contribution in [2.45, 2.75) is 0 Å². The summed E-state index contributed by atoms with van der Waals surface area (Å²) in [6.45, 7) is 0. The van der Waals surface area contributed by atoms with Crippen LogP contribution in [0.4, 0.5) is 0 Å². The molecule has 0 aliphatic heterocycles. The zero-order valence-electron chi connectivity index (χ0n) is 19.1. The quantitative estimate of drug-likeness (QED) is 0.222. The van der Waals surface area contributed by atoms with Crippen LogP contribution in [0.15, 0.2) is 97.1 Å². The normalized spacial score (nSPS) is 11.9. The highest BCUT2D eigenvalue weighted by Gasteiger charge is 2.05. The lowest BCUT2D eigenvalue weighted by Gasteiger charge is -2.06. The summed E-state index contributed by atoms with van der Waals surface area (Å²) in [5.41, 5.74) is 13.5. The zero-order chi connectivity index (χ0) is 24.7. The van der Waals surface area contributed by atoms with Crippen LogP contribution >= 0.6 is 0 Å². The topological polar surface area (TPSA) is 108 Å². The standard InChI is InChI=1S/C28H22N6O2/c35-27(21-7-3-1-4-8-21)33-29-17-23-15-13-19-11-12-20-14-16-24(32-26(20)25(19)31-23)18-30-34-28(36)22-9-5-2-6-10-22/h1-18,29-30H,(H,33,35)(H,34,36). The number of hydrogen-bond acceptors (Lipinski definition) is 6. The molecule has 4 N–H and O–H groups in total. The molecular weight excluding hydrogens is 452 g/mol. The third kappa shape index (κ3) is 5.13. The third-order valence-electron chi connectivity index (χ3n) is 5.45. The molecule has 3 aromatic carbocycles. The van der Waals surface area contributed by atoms with E-state index in [0.717, 1.165) is 21.8 Å². The van der Waals surface area contributed by atoms with Gasteiger partial charge < -0.3 is 10.9 Å². The highest BCUT2D eigenvalue weighted by Crippen LogP contribution is 2.19. The second-order valence-corrected chi connectivity index (χ2v) is 7.90. The molecule has 0 unspecified atom stereocenters. The second-order valence-electron chi connectivity index (χ2n) is 7.90. The monoisotopic (exact) mass is 474 g/mol. The fourth-order valence-corrected chi connectivity index (χ4v) is 3.63. The minimum absolute atomic E-state index is 0.244. The molecule has 0 atom stereocenters. The summed E-state index contributed by atoms with van der Waals surface area (Å²) >= 11 is 0. The van der Waals surface area contributed by atoms with Gasteiger partial charge in [0.15, 0.2) is 0 Å². The first-order valence-corrected chi connectivity index (χ1v) is 11.3. The van der Waals surface area contributed by atoms with Crippen LogP contribution in [0.1, 0.15) is 20.7 Å². The highest BCUT2D eigenvalue weighted by atomic mass is 16.2. The van der Waals surface area contributed by atoms with E-state index >= 15 is 0 Å². The van der Waals surface area contributed by atoms with E-state index in [9.17, 15) is 9.59 Å². The largest absolute Gasteiger partial charge is 0.303 e. The van der Waals surface area contributed by atoms with Crippen molar-refractivity contribution in [1.29, 1.82) is 0 Å². The van der Waals surface area contributed by atoms with Crippen LogP contribution in [0.2, 0.25) is 0 Å². The van der Waals surface area contributed by atoms with Gasteiger partial charge in [-0.3, -0.25) is 20.4 Å². The lowest BCUT2D eigenvalue weighted by Crippen LogP contribution is -2.35. The molecule has 2 amide bonds. The van der Waals surface area contributed by atoms with Gasteiger partial charge >= 0.3 is 0 Å². The van der Waals surface area contributed by atoms with E-state index in [1.807, 2.05) is 48.5 Å². The minimum atomic E-state index is -0.244. The maximum atomic E-state index is 12.2. The Balaban J connectivity index is 1.37. The predicted molar refractivity (Wildman–Crippen MR) is 139 cm³/mol. The molecule has 5 rings (SSSR count). The Bertz CT molecular complexity index is 1550. The molecule has 176 valence electrons. The number of amides is 2. The molecule has 0 fully saturated rings. The van der Waals surface area contributed by atoms with E-state index in [4.69, 9.17) is 9.97 Å². The number of nitrogens with zero attached hydrogens (tertiary/aromatic N) is 2. The van der Waals surface area contributed by atoms with E-state index in [1.165, 1.54) is 0 Å². The second kappa shape index (κ2) is 10.4. The summed E-state index contributed by atoms with van der Waals surface area (Å²) in [7, 11) is 0. The molecule has 0 aliphatic rings. The summed E-state index contributed by atoms with van der Waals surface area (Å²) in [6.07, 6.45) is 3.24. The summed E-state index contributed by atoms with van der Waals surface area (Å²) in [4.78, 5) is 33.9. The predicted octanol–water partition coefficient (Wildman–Crippen LogP) is 2.13. The van der Waals surface area contributed by atoms with Crippen LogP contribution in [-0.4, -0.2) is 21.8 Å². The number of aromatic nitrogens is 2. The van der Waals surface area contributed by atoms with Crippen LogP contribution in [0.25, 0.3) is 34.2 Å². The van der Waals surface area contributed by atoms with Gasteiger partial charge in [0.05, 0.1) is 21.7 Å². The van der Waals surface area contributed by atoms with Gasteiger partial charge in [-0.2, -0.15) is 0 Å². The number of hydrazine groups is 2. The molecule has 5 aromatic rings. The third-order valence-corrected chi connectivity index (χ3v) is 5.45. The molecule has 0 radical (unpaired) electrons. The Hall–Kier alpha value is -5.24. The number of benzene rings is 3. The Kier molecular flexibility index (Phi) is 6.48. The molecule has 36 heavy (non-hydrogen) atoms. The van der Waals surface area contributed by atoms with Crippen molar-refractivity contribution in [2.75, 3.05) is 0 Å². The number of pyridine rings is 2. The summed E-state index contributed by atoms with van der Waals surface area (Å²) in [5, 5.41) is 3.13. The van der Waals surface area contributed by atoms with Gasteiger partial charge in [-0.1, -0.05) is 60.7 Å².